The van der Waals surface area contributed by atoms with Crippen LogP contribution in [0, 0.1) is 6.92 Å². The van der Waals surface area contributed by atoms with Gasteiger partial charge in [0.1, 0.15) is 5.75 Å². The number of nitrogens with one attached hydrogen (secondary N) is 2. The van der Waals surface area contributed by atoms with Crippen molar-refractivity contribution >= 4 is 41.3 Å². The summed E-state index contributed by atoms with van der Waals surface area (Å²) in [7, 11) is 1.43. The van der Waals surface area contributed by atoms with Crippen LogP contribution in [0.2, 0.25) is 5.02 Å². The fraction of sp³-hybridized carbons (Fsp3) is 0.185. The summed E-state index contributed by atoms with van der Waals surface area (Å²) in [5.74, 6) is -1.27. The number of benzene rings is 3. The first-order chi connectivity index (χ1) is 17.8. The van der Waals surface area contributed by atoms with Crippen molar-refractivity contribution in [1.29, 1.82) is 0 Å². The van der Waals surface area contributed by atoms with Crippen molar-refractivity contribution in [1.82, 2.24) is 5.43 Å². The van der Waals surface area contributed by atoms with Crippen LogP contribution in [0.1, 0.15) is 34.8 Å². The lowest BCUT2D eigenvalue weighted by Crippen LogP contribution is -2.32. The van der Waals surface area contributed by atoms with E-state index in [0.29, 0.717) is 34.2 Å². The van der Waals surface area contributed by atoms with Crippen LogP contribution >= 0.6 is 11.6 Å². The summed E-state index contributed by atoms with van der Waals surface area (Å²) in [5.41, 5.74) is 4.26. The second-order valence-electron chi connectivity index (χ2n) is 7.79. The molecule has 9 nitrogen and oxygen atoms in total. The molecule has 192 valence electrons. The predicted octanol–water partition coefficient (Wildman–Crippen LogP) is 4.75. The third-order valence-electron chi connectivity index (χ3n) is 4.97. The maximum Gasteiger partial charge on any atom is 0.343 e. The summed E-state index contributed by atoms with van der Waals surface area (Å²) in [6, 6.07) is 16.2. The molecule has 0 aliphatic heterocycles. The number of carbonyl (C=O) groups excluding carboxylic acids is 3. The Bertz CT molecular complexity index is 1310. The monoisotopic (exact) mass is 523 g/mol. The van der Waals surface area contributed by atoms with Gasteiger partial charge < -0.3 is 19.5 Å². The highest BCUT2D eigenvalue weighted by atomic mass is 35.5. The third-order valence-corrected chi connectivity index (χ3v) is 5.38. The quantitative estimate of drug-likeness (QED) is 0.137. The van der Waals surface area contributed by atoms with E-state index in [0.717, 1.165) is 12.0 Å². The topological polar surface area (TPSA) is 115 Å². The number of methoxy groups -OCH3 is 1. The van der Waals surface area contributed by atoms with Crippen LogP contribution in [0.5, 0.6) is 17.2 Å². The van der Waals surface area contributed by atoms with E-state index in [-0.39, 0.29) is 11.5 Å². The predicted molar refractivity (Wildman–Crippen MR) is 141 cm³/mol. The minimum absolute atomic E-state index is 0.205. The summed E-state index contributed by atoms with van der Waals surface area (Å²) < 4.78 is 16.3. The fourth-order valence-electron chi connectivity index (χ4n) is 2.99. The first-order valence-electron chi connectivity index (χ1n) is 11.3. The molecule has 0 aliphatic carbocycles. The molecule has 0 bridgehead atoms. The second-order valence-corrected chi connectivity index (χ2v) is 8.20. The molecule has 0 spiro atoms. The molecule has 3 aromatic carbocycles. The molecule has 0 aliphatic rings. The number of ether oxygens (including phenoxy) is 3. The minimum atomic E-state index is -0.962. The lowest BCUT2D eigenvalue weighted by atomic mass is 10.2. The van der Waals surface area contributed by atoms with Crippen molar-refractivity contribution in [2.45, 2.75) is 20.3 Å². The summed E-state index contributed by atoms with van der Waals surface area (Å²) in [6.45, 7) is 4.43. The fourth-order valence-corrected chi connectivity index (χ4v) is 3.17. The molecular formula is C27H26ClN3O6. The maximum atomic E-state index is 12.5. The van der Waals surface area contributed by atoms with Gasteiger partial charge in [0, 0.05) is 10.7 Å². The number of halogens is 1. The van der Waals surface area contributed by atoms with Gasteiger partial charge >= 0.3 is 17.8 Å². The first-order valence-corrected chi connectivity index (χ1v) is 11.7. The van der Waals surface area contributed by atoms with Crippen LogP contribution < -0.4 is 25.0 Å². The van der Waals surface area contributed by atoms with E-state index >= 15 is 0 Å². The van der Waals surface area contributed by atoms with Gasteiger partial charge in [-0.25, -0.2) is 10.2 Å². The van der Waals surface area contributed by atoms with E-state index in [9.17, 15) is 14.4 Å². The van der Waals surface area contributed by atoms with E-state index in [1.807, 2.05) is 13.8 Å². The molecule has 0 aromatic heterocycles. The molecule has 37 heavy (non-hydrogen) atoms. The lowest BCUT2D eigenvalue weighted by Gasteiger charge is -2.10. The largest absolute Gasteiger partial charge is 0.494 e. The number of aryl methyl sites for hydroxylation is 1. The highest BCUT2D eigenvalue weighted by Crippen LogP contribution is 2.28. The van der Waals surface area contributed by atoms with Crippen molar-refractivity contribution in [2.75, 3.05) is 19.0 Å². The van der Waals surface area contributed by atoms with Gasteiger partial charge in [-0.3, -0.25) is 9.59 Å². The molecule has 0 fully saturated rings. The molecule has 0 unspecified atom stereocenters. The van der Waals surface area contributed by atoms with Gasteiger partial charge in [0.15, 0.2) is 11.5 Å². The standard InChI is InChI=1S/C27H26ClN3O6/c1-4-13-36-21-10-7-19(8-11-21)27(34)37-23-12-6-18(14-24(23)35-3)16-29-31-26(33)25(32)30-20-9-5-17(2)22(28)15-20/h5-12,14-16H,4,13H2,1-3H3,(H,30,32)(H,31,33)/b29-16-. The Balaban J connectivity index is 1.58. The smallest absolute Gasteiger partial charge is 0.343 e. The molecule has 10 heteroatoms. The minimum Gasteiger partial charge on any atom is -0.494 e. The van der Waals surface area contributed by atoms with Crippen molar-refractivity contribution in [2.24, 2.45) is 5.10 Å². The van der Waals surface area contributed by atoms with Gasteiger partial charge in [0.25, 0.3) is 0 Å². The van der Waals surface area contributed by atoms with Crippen LogP contribution in [0.3, 0.4) is 0 Å². The van der Waals surface area contributed by atoms with Gasteiger partial charge in [0.05, 0.1) is 25.5 Å². The molecular weight excluding hydrogens is 498 g/mol. The molecule has 0 saturated heterocycles. The van der Waals surface area contributed by atoms with Crippen molar-refractivity contribution in [3.8, 4) is 17.2 Å². The SMILES string of the molecule is CCCOc1ccc(C(=O)Oc2ccc(/C=N\NC(=O)C(=O)Nc3ccc(C)c(Cl)c3)cc2OC)cc1. The van der Waals surface area contributed by atoms with Crippen LogP contribution in [-0.2, 0) is 9.59 Å². The zero-order chi connectivity index (χ0) is 26.8. The van der Waals surface area contributed by atoms with Crippen molar-refractivity contribution < 1.29 is 28.6 Å². The zero-order valence-corrected chi connectivity index (χ0v) is 21.3. The number of esters is 1. The highest BCUT2D eigenvalue weighted by molar-refractivity contribution is 6.39. The number of hydrogen-bond acceptors (Lipinski definition) is 7. The summed E-state index contributed by atoms with van der Waals surface area (Å²) in [5, 5.41) is 6.70. The van der Waals surface area contributed by atoms with E-state index in [1.165, 1.54) is 19.4 Å². The Kier molecular flexibility index (Phi) is 9.62. The van der Waals surface area contributed by atoms with Crippen molar-refractivity contribution in [3.63, 3.8) is 0 Å². The number of hydrogen-bond donors (Lipinski definition) is 2. The third kappa shape index (κ3) is 7.81. The molecule has 3 rings (SSSR count). The Morgan fingerprint density at radius 3 is 2.41 bits per heavy atom. The van der Waals surface area contributed by atoms with E-state index < -0.39 is 17.8 Å². The Morgan fingerprint density at radius 1 is 0.973 bits per heavy atom. The second kappa shape index (κ2) is 13.1. The molecule has 0 atom stereocenters. The van der Waals surface area contributed by atoms with Gasteiger partial charge in [-0.2, -0.15) is 5.10 Å². The van der Waals surface area contributed by atoms with Crippen LogP contribution in [0.25, 0.3) is 0 Å². The lowest BCUT2D eigenvalue weighted by molar-refractivity contribution is -0.136. The number of anilines is 1. The van der Waals surface area contributed by atoms with Gasteiger partial charge in [-0.05, 0) is 79.1 Å². The number of rotatable bonds is 9. The summed E-state index contributed by atoms with van der Waals surface area (Å²) >= 11 is 6.03. The number of carbonyl (C=O) groups is 3. The molecule has 0 heterocycles. The zero-order valence-electron chi connectivity index (χ0n) is 20.5. The molecule has 2 amide bonds. The number of nitrogens with zero attached hydrogens (tertiary/aromatic N) is 1. The molecule has 3 aromatic rings. The number of hydrazone groups is 1. The van der Waals surface area contributed by atoms with Gasteiger partial charge in [-0.1, -0.05) is 24.6 Å². The molecule has 0 radical (unpaired) electrons. The van der Waals surface area contributed by atoms with Crippen molar-refractivity contribution in [3.05, 3.63) is 82.4 Å². The van der Waals surface area contributed by atoms with Crippen LogP contribution in [0.4, 0.5) is 5.69 Å². The van der Waals surface area contributed by atoms with Crippen LogP contribution in [0.15, 0.2) is 65.8 Å². The Hall–Kier alpha value is -4.37. The average molecular weight is 524 g/mol. The molecule has 0 saturated carbocycles. The van der Waals surface area contributed by atoms with E-state index in [1.54, 1.807) is 54.6 Å². The summed E-state index contributed by atoms with van der Waals surface area (Å²) in [6.07, 6.45) is 2.20. The summed E-state index contributed by atoms with van der Waals surface area (Å²) in [4.78, 5) is 36.6. The van der Waals surface area contributed by atoms with E-state index in [2.05, 4.69) is 15.8 Å². The van der Waals surface area contributed by atoms with Gasteiger partial charge in [0.2, 0.25) is 0 Å². The average Bonchev–Trinajstić information content (AvgIpc) is 2.90. The first kappa shape index (κ1) is 27.2. The van der Waals surface area contributed by atoms with E-state index in [4.69, 9.17) is 25.8 Å². The Labute approximate surface area is 219 Å². The van der Waals surface area contributed by atoms with Crippen LogP contribution in [-0.4, -0.2) is 37.7 Å². The molecule has 2 N–H and O–H groups in total. The highest BCUT2D eigenvalue weighted by Gasteiger charge is 2.15. The number of amides is 2. The normalized spacial score (nSPS) is 10.6. The van der Waals surface area contributed by atoms with Gasteiger partial charge in [-0.15, -0.1) is 0 Å². The Morgan fingerprint density at radius 2 is 1.73 bits per heavy atom. The maximum absolute atomic E-state index is 12.5.